The Kier molecular flexibility index (Phi) is 7.46. The van der Waals surface area contributed by atoms with Crippen molar-refractivity contribution in [1.82, 2.24) is 0 Å². The van der Waals surface area contributed by atoms with Crippen LogP contribution >= 0.6 is 0 Å². The minimum atomic E-state index is -5.03. The summed E-state index contributed by atoms with van der Waals surface area (Å²) in [4.78, 5) is 25.3. The molecule has 0 aliphatic carbocycles. The molecule has 4 rings (SSSR count). The molecule has 0 amide bonds. The maximum Gasteiger partial charge on any atom is 0.453 e. The second-order valence-corrected chi connectivity index (χ2v) is 10.1. The topological polar surface area (TPSA) is 75.0 Å². The quantitative estimate of drug-likeness (QED) is 0.186. The summed E-state index contributed by atoms with van der Waals surface area (Å²) >= 11 is 0. The zero-order chi connectivity index (χ0) is 28.5. The van der Waals surface area contributed by atoms with Gasteiger partial charge in [0.05, 0.1) is 5.39 Å². The molecule has 39 heavy (non-hydrogen) atoms. The molecular formula is C30H27F3O6. The molecule has 6 nitrogen and oxygen atoms in total. The average Bonchev–Trinajstić information content (AvgIpc) is 2.85. The van der Waals surface area contributed by atoms with Gasteiger partial charge in [0.2, 0.25) is 11.2 Å². The highest BCUT2D eigenvalue weighted by atomic mass is 19.4. The van der Waals surface area contributed by atoms with Crippen molar-refractivity contribution < 1.29 is 36.6 Å². The first kappa shape index (κ1) is 27.8. The van der Waals surface area contributed by atoms with Crippen LogP contribution < -0.4 is 19.6 Å². The second kappa shape index (κ2) is 10.5. The first-order valence-electron chi connectivity index (χ1n) is 12.1. The Morgan fingerprint density at radius 2 is 1.49 bits per heavy atom. The molecule has 0 radical (unpaired) electrons. The summed E-state index contributed by atoms with van der Waals surface area (Å²) < 4.78 is 62.8. The molecule has 204 valence electrons. The van der Waals surface area contributed by atoms with Crippen LogP contribution in [0.2, 0.25) is 0 Å². The van der Waals surface area contributed by atoms with Crippen LogP contribution in [-0.2, 0) is 16.4 Å². The molecule has 0 fully saturated rings. The van der Waals surface area contributed by atoms with Crippen LogP contribution in [0.5, 0.6) is 23.0 Å². The van der Waals surface area contributed by atoms with E-state index < -0.39 is 41.3 Å². The van der Waals surface area contributed by atoms with Gasteiger partial charge in [-0.25, -0.2) is 4.79 Å². The Labute approximate surface area is 222 Å². The van der Waals surface area contributed by atoms with Crippen LogP contribution in [0, 0.1) is 13.8 Å². The van der Waals surface area contributed by atoms with Gasteiger partial charge < -0.3 is 18.6 Å². The molecule has 0 bridgehead atoms. The number of esters is 1. The third-order valence-corrected chi connectivity index (χ3v) is 6.09. The van der Waals surface area contributed by atoms with E-state index in [1.807, 2.05) is 40.7 Å². The fraction of sp³-hybridized carbons (Fsp3) is 0.267. The molecule has 0 saturated carbocycles. The summed E-state index contributed by atoms with van der Waals surface area (Å²) in [5.41, 5.74) is 1.38. The standard InChI is InChI=1S/C30H27F3O6/c1-17-6-9-21(14-18(17)2)36-16-25(34)37-22-12-13-23-24(15-22)39-28(30(31,32)33)27(26(23)35)38-20-10-7-19(8-11-20)29(3,4)5/h6-15H,16H2,1-5H3. The maximum atomic E-state index is 13.9. The zero-order valence-corrected chi connectivity index (χ0v) is 22.1. The SMILES string of the molecule is Cc1ccc(OCC(=O)Oc2ccc3c(=O)c(Oc4ccc(C(C)(C)C)cc4)c(C(F)(F)F)oc3c2)cc1C. The molecule has 0 spiro atoms. The summed E-state index contributed by atoms with van der Waals surface area (Å²) in [5.74, 6) is -2.96. The monoisotopic (exact) mass is 540 g/mol. The third-order valence-electron chi connectivity index (χ3n) is 6.09. The maximum absolute atomic E-state index is 13.9. The van der Waals surface area contributed by atoms with Crippen LogP contribution in [0.15, 0.2) is 69.9 Å². The molecule has 1 heterocycles. The molecule has 0 saturated heterocycles. The number of benzene rings is 3. The minimum Gasteiger partial charge on any atom is -0.482 e. The number of fused-ring (bicyclic) bond motifs is 1. The van der Waals surface area contributed by atoms with Gasteiger partial charge in [0.15, 0.2) is 6.61 Å². The molecule has 0 unspecified atom stereocenters. The van der Waals surface area contributed by atoms with E-state index in [9.17, 15) is 22.8 Å². The molecule has 0 aliphatic rings. The van der Waals surface area contributed by atoms with Gasteiger partial charge in [-0.2, -0.15) is 13.2 Å². The lowest BCUT2D eigenvalue weighted by molar-refractivity contribution is -0.154. The molecule has 0 atom stereocenters. The van der Waals surface area contributed by atoms with Crippen molar-refractivity contribution >= 4 is 16.9 Å². The number of halogens is 3. The van der Waals surface area contributed by atoms with Crippen molar-refractivity contribution in [2.24, 2.45) is 0 Å². The van der Waals surface area contributed by atoms with E-state index in [1.165, 1.54) is 24.3 Å². The fourth-order valence-corrected chi connectivity index (χ4v) is 3.75. The van der Waals surface area contributed by atoms with E-state index >= 15 is 0 Å². The normalized spacial score (nSPS) is 11.9. The van der Waals surface area contributed by atoms with E-state index in [-0.39, 0.29) is 22.3 Å². The van der Waals surface area contributed by atoms with Crippen molar-refractivity contribution in [3.8, 4) is 23.0 Å². The Morgan fingerprint density at radius 3 is 2.10 bits per heavy atom. The Hall–Kier alpha value is -4.27. The molecular weight excluding hydrogens is 513 g/mol. The lowest BCUT2D eigenvalue weighted by atomic mass is 9.87. The summed E-state index contributed by atoms with van der Waals surface area (Å²) in [7, 11) is 0. The minimum absolute atomic E-state index is 0.0504. The van der Waals surface area contributed by atoms with Crippen LogP contribution in [-0.4, -0.2) is 12.6 Å². The van der Waals surface area contributed by atoms with E-state index in [2.05, 4.69) is 0 Å². The van der Waals surface area contributed by atoms with Gasteiger partial charge in [-0.05, 0) is 72.4 Å². The molecule has 3 aromatic carbocycles. The molecule has 0 N–H and O–H groups in total. The molecule has 9 heteroatoms. The van der Waals surface area contributed by atoms with E-state index in [1.54, 1.807) is 24.3 Å². The van der Waals surface area contributed by atoms with E-state index in [4.69, 9.17) is 18.6 Å². The van der Waals surface area contributed by atoms with Gasteiger partial charge in [-0.1, -0.05) is 39.0 Å². The van der Waals surface area contributed by atoms with E-state index in [0.717, 1.165) is 22.8 Å². The highest BCUT2D eigenvalue weighted by Gasteiger charge is 2.40. The second-order valence-electron chi connectivity index (χ2n) is 10.1. The van der Waals surface area contributed by atoms with Crippen molar-refractivity contribution in [3.63, 3.8) is 0 Å². The molecule has 0 aliphatic heterocycles. The van der Waals surface area contributed by atoms with Gasteiger partial charge in [-0.3, -0.25) is 4.79 Å². The van der Waals surface area contributed by atoms with Crippen molar-refractivity contribution in [1.29, 1.82) is 0 Å². The van der Waals surface area contributed by atoms with Crippen LogP contribution in [0.1, 0.15) is 43.2 Å². The Balaban J connectivity index is 1.59. The number of aryl methyl sites for hydroxylation is 2. The van der Waals surface area contributed by atoms with Crippen molar-refractivity contribution in [2.45, 2.75) is 46.2 Å². The zero-order valence-electron chi connectivity index (χ0n) is 22.1. The van der Waals surface area contributed by atoms with E-state index in [0.29, 0.717) is 5.75 Å². The molecule has 4 aromatic rings. The highest BCUT2D eigenvalue weighted by molar-refractivity contribution is 5.81. The highest BCUT2D eigenvalue weighted by Crippen LogP contribution is 2.39. The predicted octanol–water partition coefficient (Wildman–Crippen LogP) is 7.50. The summed E-state index contributed by atoms with van der Waals surface area (Å²) in [5, 5.41) is -0.171. The predicted molar refractivity (Wildman–Crippen MR) is 140 cm³/mol. The summed E-state index contributed by atoms with van der Waals surface area (Å²) in [6.07, 6.45) is -5.03. The van der Waals surface area contributed by atoms with Crippen LogP contribution in [0.3, 0.4) is 0 Å². The first-order valence-corrected chi connectivity index (χ1v) is 12.1. The number of hydrogen-bond acceptors (Lipinski definition) is 6. The fourth-order valence-electron chi connectivity index (χ4n) is 3.75. The summed E-state index contributed by atoms with van der Waals surface area (Å²) in [6.45, 7) is 9.38. The number of carbonyl (C=O) groups is 1. The molecule has 1 aromatic heterocycles. The van der Waals surface area contributed by atoms with Gasteiger partial charge in [-0.15, -0.1) is 0 Å². The number of carbonyl (C=O) groups excluding carboxylic acids is 1. The van der Waals surface area contributed by atoms with Crippen LogP contribution in [0.4, 0.5) is 13.2 Å². The number of ether oxygens (including phenoxy) is 3. The smallest absolute Gasteiger partial charge is 0.453 e. The average molecular weight is 541 g/mol. The van der Waals surface area contributed by atoms with Crippen LogP contribution in [0.25, 0.3) is 11.0 Å². The van der Waals surface area contributed by atoms with Gasteiger partial charge >= 0.3 is 12.1 Å². The largest absolute Gasteiger partial charge is 0.482 e. The number of rotatable bonds is 6. The summed E-state index contributed by atoms with van der Waals surface area (Å²) in [6, 6.07) is 15.3. The number of hydrogen-bond donors (Lipinski definition) is 0. The third kappa shape index (κ3) is 6.42. The van der Waals surface area contributed by atoms with Gasteiger partial charge in [0.25, 0.3) is 5.76 Å². The van der Waals surface area contributed by atoms with Gasteiger partial charge in [0, 0.05) is 6.07 Å². The lowest BCUT2D eigenvalue weighted by Gasteiger charge is -2.19. The first-order chi connectivity index (χ1) is 18.2. The number of alkyl halides is 3. The lowest BCUT2D eigenvalue weighted by Crippen LogP contribution is -2.18. The Bertz CT molecular complexity index is 1580. The Morgan fingerprint density at radius 1 is 0.846 bits per heavy atom. The van der Waals surface area contributed by atoms with Crippen molar-refractivity contribution in [3.05, 3.63) is 93.3 Å². The van der Waals surface area contributed by atoms with Crippen molar-refractivity contribution in [2.75, 3.05) is 6.61 Å². The van der Waals surface area contributed by atoms with Gasteiger partial charge in [0.1, 0.15) is 22.8 Å².